The Hall–Kier alpha value is -2.83. The second-order valence-corrected chi connectivity index (χ2v) is 6.24. The molecule has 136 valence electrons. The summed E-state index contributed by atoms with van der Waals surface area (Å²) >= 11 is 0. The van der Waals surface area contributed by atoms with Crippen molar-refractivity contribution in [2.45, 2.75) is 12.8 Å². The van der Waals surface area contributed by atoms with E-state index >= 15 is 0 Å². The summed E-state index contributed by atoms with van der Waals surface area (Å²) in [5, 5.41) is 4.92. The highest BCUT2D eigenvalue weighted by Gasteiger charge is 2.38. The molecule has 3 rings (SSSR count). The molecule has 0 aromatic heterocycles. The number of amides is 2. The van der Waals surface area contributed by atoms with Gasteiger partial charge in [-0.3, -0.25) is 9.59 Å². The van der Waals surface area contributed by atoms with Gasteiger partial charge in [-0.25, -0.2) is 13.2 Å². The van der Waals surface area contributed by atoms with E-state index in [9.17, 15) is 22.8 Å². The van der Waals surface area contributed by atoms with Crippen LogP contribution in [0.5, 0.6) is 0 Å². The number of nitrogens with one attached hydrogen (secondary N) is 2. The Morgan fingerprint density at radius 1 is 1.12 bits per heavy atom. The first-order valence-electron chi connectivity index (χ1n) is 8.22. The lowest BCUT2D eigenvalue weighted by Gasteiger charge is -2.30. The Morgan fingerprint density at radius 2 is 1.85 bits per heavy atom. The third kappa shape index (κ3) is 3.87. The number of carbonyl (C=O) groups excluding carboxylic acids is 2. The average Bonchev–Trinajstić information content (AvgIpc) is 2.61. The number of benzene rings is 2. The molecule has 7 heteroatoms. The lowest BCUT2D eigenvalue weighted by molar-refractivity contribution is -0.136. The molecule has 26 heavy (non-hydrogen) atoms. The topological polar surface area (TPSA) is 58.2 Å². The lowest BCUT2D eigenvalue weighted by atomic mass is 9.80. The number of anilines is 1. The molecular weight excluding hydrogens is 345 g/mol. The third-order valence-electron chi connectivity index (χ3n) is 4.47. The number of halogens is 3. The van der Waals surface area contributed by atoms with Gasteiger partial charge in [-0.15, -0.1) is 0 Å². The van der Waals surface area contributed by atoms with Crippen LogP contribution in [-0.2, 0) is 16.0 Å². The van der Waals surface area contributed by atoms with Crippen LogP contribution in [0.25, 0.3) is 0 Å². The van der Waals surface area contributed by atoms with Gasteiger partial charge in [0, 0.05) is 6.54 Å². The molecule has 1 heterocycles. The third-order valence-corrected chi connectivity index (χ3v) is 4.47. The van der Waals surface area contributed by atoms with Gasteiger partial charge in [0.25, 0.3) is 0 Å². The van der Waals surface area contributed by atoms with E-state index in [1.54, 1.807) is 12.1 Å². The van der Waals surface area contributed by atoms with Gasteiger partial charge in [0.2, 0.25) is 11.8 Å². The summed E-state index contributed by atoms with van der Waals surface area (Å²) in [5.74, 6) is -5.16. The predicted molar refractivity (Wildman–Crippen MR) is 89.7 cm³/mol. The number of carbonyl (C=O) groups is 2. The van der Waals surface area contributed by atoms with Gasteiger partial charge in [0.15, 0.2) is 11.6 Å². The first kappa shape index (κ1) is 18.0. The minimum atomic E-state index is -1.17. The maximum atomic E-state index is 13.8. The zero-order valence-corrected chi connectivity index (χ0v) is 13.8. The summed E-state index contributed by atoms with van der Waals surface area (Å²) < 4.78 is 40.1. The molecule has 0 bridgehead atoms. The van der Waals surface area contributed by atoms with Crippen LogP contribution in [0.1, 0.15) is 12.0 Å². The molecule has 0 unspecified atom stereocenters. The molecule has 0 radical (unpaired) electrons. The molecule has 0 spiro atoms. The van der Waals surface area contributed by atoms with Crippen molar-refractivity contribution >= 4 is 17.5 Å². The maximum Gasteiger partial charge on any atom is 0.237 e. The summed E-state index contributed by atoms with van der Waals surface area (Å²) in [5.41, 5.74) is 0.481. The van der Waals surface area contributed by atoms with Gasteiger partial charge in [0.1, 0.15) is 11.7 Å². The van der Waals surface area contributed by atoms with Crippen molar-refractivity contribution in [1.29, 1.82) is 0 Å². The van der Waals surface area contributed by atoms with Crippen LogP contribution in [0.15, 0.2) is 42.5 Å². The van der Waals surface area contributed by atoms with Crippen LogP contribution in [0.2, 0.25) is 0 Å². The Labute approximate surface area is 148 Å². The molecule has 1 aliphatic rings. The van der Waals surface area contributed by atoms with Crippen LogP contribution in [0.4, 0.5) is 18.9 Å². The number of piperidine rings is 1. The predicted octanol–water partition coefficient (Wildman–Crippen LogP) is 3.04. The Kier molecular flexibility index (Phi) is 5.25. The van der Waals surface area contributed by atoms with Crippen LogP contribution in [-0.4, -0.2) is 18.4 Å². The molecule has 2 aromatic rings. The van der Waals surface area contributed by atoms with Crippen molar-refractivity contribution < 1.29 is 22.8 Å². The first-order valence-corrected chi connectivity index (χ1v) is 8.22. The van der Waals surface area contributed by atoms with Gasteiger partial charge in [-0.2, -0.15) is 0 Å². The molecule has 0 saturated carbocycles. The maximum absolute atomic E-state index is 13.8. The normalized spacial score (nSPS) is 19.7. The second-order valence-electron chi connectivity index (χ2n) is 6.24. The Morgan fingerprint density at radius 3 is 2.58 bits per heavy atom. The molecule has 1 saturated heterocycles. The van der Waals surface area contributed by atoms with Crippen LogP contribution in [0, 0.1) is 29.3 Å². The Balaban J connectivity index is 1.79. The molecule has 2 atom stereocenters. The van der Waals surface area contributed by atoms with E-state index < -0.39 is 29.4 Å². The standard InChI is InChI=1S/C19H17F3N2O2/c20-13-6-4-11(5-7-13)10-12-8-9-23-18(25)16(12)19(26)24-15-3-1-2-14(21)17(15)22/h1-7,12,16H,8-10H2,(H,23,25)(H,24,26)/t12-,16+/m1/s1. The van der Waals surface area contributed by atoms with Gasteiger partial charge in [-0.1, -0.05) is 18.2 Å². The highest BCUT2D eigenvalue weighted by molar-refractivity contribution is 6.07. The first-order chi connectivity index (χ1) is 12.5. The molecule has 1 aliphatic heterocycles. The van der Waals surface area contributed by atoms with Crippen LogP contribution >= 0.6 is 0 Å². The minimum Gasteiger partial charge on any atom is -0.355 e. The van der Waals surface area contributed by atoms with Crippen molar-refractivity contribution in [1.82, 2.24) is 5.32 Å². The van der Waals surface area contributed by atoms with Gasteiger partial charge in [0.05, 0.1) is 5.69 Å². The van der Waals surface area contributed by atoms with Crippen LogP contribution < -0.4 is 10.6 Å². The monoisotopic (exact) mass is 362 g/mol. The summed E-state index contributed by atoms with van der Waals surface area (Å²) in [4.78, 5) is 24.8. The summed E-state index contributed by atoms with van der Waals surface area (Å²) in [6.45, 7) is 0.419. The van der Waals surface area contributed by atoms with Crippen molar-refractivity contribution in [3.63, 3.8) is 0 Å². The van der Waals surface area contributed by atoms with E-state index in [2.05, 4.69) is 10.6 Å². The van der Waals surface area contributed by atoms with Crippen molar-refractivity contribution in [2.75, 3.05) is 11.9 Å². The summed E-state index contributed by atoms with van der Waals surface area (Å²) in [6, 6.07) is 9.27. The zero-order valence-electron chi connectivity index (χ0n) is 13.8. The molecule has 2 aromatic carbocycles. The number of rotatable bonds is 4. The highest BCUT2D eigenvalue weighted by atomic mass is 19.2. The largest absolute Gasteiger partial charge is 0.355 e. The van der Waals surface area contributed by atoms with E-state index in [4.69, 9.17) is 0 Å². The summed E-state index contributed by atoms with van der Waals surface area (Å²) in [7, 11) is 0. The van der Waals surface area contributed by atoms with Gasteiger partial charge < -0.3 is 10.6 Å². The quantitative estimate of drug-likeness (QED) is 0.822. The van der Waals surface area contributed by atoms with E-state index in [0.717, 1.165) is 11.6 Å². The number of hydrogen-bond acceptors (Lipinski definition) is 2. The highest BCUT2D eigenvalue weighted by Crippen LogP contribution is 2.27. The molecule has 2 N–H and O–H groups in total. The summed E-state index contributed by atoms with van der Waals surface area (Å²) in [6.07, 6.45) is 0.949. The smallest absolute Gasteiger partial charge is 0.237 e. The van der Waals surface area contributed by atoms with Gasteiger partial charge >= 0.3 is 0 Å². The Bertz CT molecular complexity index is 824. The number of hydrogen-bond donors (Lipinski definition) is 2. The van der Waals surface area contributed by atoms with E-state index in [1.165, 1.54) is 24.3 Å². The second kappa shape index (κ2) is 7.59. The van der Waals surface area contributed by atoms with Crippen LogP contribution in [0.3, 0.4) is 0 Å². The molecular formula is C19H17F3N2O2. The molecule has 4 nitrogen and oxygen atoms in total. The molecule has 1 fully saturated rings. The molecule has 2 amide bonds. The van der Waals surface area contributed by atoms with Crippen molar-refractivity contribution in [3.8, 4) is 0 Å². The lowest BCUT2D eigenvalue weighted by Crippen LogP contribution is -2.48. The zero-order chi connectivity index (χ0) is 18.7. The molecule has 0 aliphatic carbocycles. The minimum absolute atomic E-state index is 0.311. The SMILES string of the molecule is O=C1NCC[C@H](Cc2ccc(F)cc2)[C@@H]1C(=O)Nc1cccc(F)c1F. The fourth-order valence-electron chi connectivity index (χ4n) is 3.16. The van der Waals surface area contributed by atoms with Gasteiger partial charge in [-0.05, 0) is 48.6 Å². The van der Waals surface area contributed by atoms with Crippen molar-refractivity contribution in [3.05, 3.63) is 65.5 Å². The average molecular weight is 362 g/mol. The van der Waals surface area contributed by atoms with E-state index in [1.807, 2.05) is 0 Å². The van der Waals surface area contributed by atoms with E-state index in [-0.39, 0.29) is 17.4 Å². The fourth-order valence-corrected chi connectivity index (χ4v) is 3.16. The van der Waals surface area contributed by atoms with E-state index in [0.29, 0.717) is 19.4 Å². The van der Waals surface area contributed by atoms with Crippen molar-refractivity contribution in [2.24, 2.45) is 11.8 Å². The fraction of sp³-hybridized carbons (Fsp3) is 0.263.